The van der Waals surface area contributed by atoms with Crippen molar-refractivity contribution >= 4 is 40.7 Å². The zero-order valence-corrected chi connectivity index (χ0v) is 14.4. The molecule has 0 aliphatic rings. The van der Waals surface area contributed by atoms with Gasteiger partial charge in [0.05, 0.1) is 5.56 Å². The number of carbonyl (C=O) groups is 2. The number of carboxylic acids is 1. The molecule has 4 N–H and O–H groups in total. The van der Waals surface area contributed by atoms with Crippen molar-refractivity contribution in [3.05, 3.63) is 66.4 Å². The Hall–Kier alpha value is -3.94. The molecule has 0 radical (unpaired) electrons. The van der Waals surface area contributed by atoms with E-state index in [0.29, 0.717) is 28.8 Å². The quantitative estimate of drug-likeness (QED) is 0.528. The molecule has 2 aromatic carbocycles. The molecular weight excluding hydrogens is 346 g/mol. The van der Waals surface area contributed by atoms with Crippen LogP contribution in [0.4, 0.5) is 28.8 Å². The average Bonchev–Trinajstić information content (AvgIpc) is 2.62. The van der Waals surface area contributed by atoms with Crippen LogP contribution in [-0.2, 0) is 4.79 Å². The van der Waals surface area contributed by atoms with Crippen molar-refractivity contribution in [3.8, 4) is 0 Å². The molecule has 0 aliphatic heterocycles. The van der Waals surface area contributed by atoms with E-state index in [0.717, 1.165) is 0 Å². The number of carbonyl (C=O) groups excluding carboxylic acids is 1. The molecule has 0 aliphatic carbocycles. The van der Waals surface area contributed by atoms with Crippen LogP contribution in [0.25, 0.3) is 0 Å². The Morgan fingerprint density at radius 3 is 2.37 bits per heavy atom. The highest BCUT2D eigenvalue weighted by Gasteiger charge is 2.05. The normalized spacial score (nSPS) is 10.1. The summed E-state index contributed by atoms with van der Waals surface area (Å²) < 4.78 is 0. The molecule has 0 fully saturated rings. The van der Waals surface area contributed by atoms with Crippen molar-refractivity contribution in [2.75, 3.05) is 16.0 Å². The second-order valence-corrected chi connectivity index (χ2v) is 5.66. The van der Waals surface area contributed by atoms with Gasteiger partial charge in [-0.25, -0.2) is 9.78 Å². The Balaban J connectivity index is 1.75. The summed E-state index contributed by atoms with van der Waals surface area (Å²) in [5.74, 6) is -0.289. The lowest BCUT2D eigenvalue weighted by Crippen LogP contribution is -2.06. The molecule has 3 aromatic rings. The summed E-state index contributed by atoms with van der Waals surface area (Å²) in [6, 6.07) is 15.3. The van der Waals surface area contributed by atoms with Gasteiger partial charge in [-0.05, 0) is 42.5 Å². The highest BCUT2D eigenvalue weighted by molar-refractivity contribution is 5.89. The maximum Gasteiger partial charge on any atom is 0.335 e. The number of anilines is 5. The van der Waals surface area contributed by atoms with Crippen LogP contribution in [0.15, 0.2) is 60.8 Å². The second-order valence-electron chi connectivity index (χ2n) is 5.66. The van der Waals surface area contributed by atoms with Gasteiger partial charge >= 0.3 is 5.97 Å². The largest absolute Gasteiger partial charge is 0.478 e. The zero-order valence-electron chi connectivity index (χ0n) is 14.4. The Morgan fingerprint density at radius 1 is 0.926 bits per heavy atom. The van der Waals surface area contributed by atoms with Crippen LogP contribution in [0.5, 0.6) is 0 Å². The van der Waals surface area contributed by atoms with E-state index >= 15 is 0 Å². The fraction of sp³-hybridized carbons (Fsp3) is 0.0526. The molecule has 0 spiro atoms. The van der Waals surface area contributed by atoms with E-state index in [1.807, 2.05) is 6.07 Å². The minimum Gasteiger partial charge on any atom is -0.478 e. The van der Waals surface area contributed by atoms with Crippen LogP contribution in [0, 0.1) is 0 Å². The number of aromatic carboxylic acids is 1. The predicted molar refractivity (Wildman–Crippen MR) is 103 cm³/mol. The zero-order chi connectivity index (χ0) is 19.2. The van der Waals surface area contributed by atoms with Crippen molar-refractivity contribution in [2.45, 2.75) is 6.92 Å². The number of aromatic nitrogens is 2. The monoisotopic (exact) mass is 363 g/mol. The molecular formula is C19H17N5O3. The molecule has 0 saturated carbocycles. The van der Waals surface area contributed by atoms with Crippen LogP contribution in [-0.4, -0.2) is 27.0 Å². The maximum absolute atomic E-state index is 11.2. The van der Waals surface area contributed by atoms with E-state index in [2.05, 4.69) is 25.9 Å². The number of hydrogen-bond donors (Lipinski definition) is 4. The molecule has 0 bridgehead atoms. The van der Waals surface area contributed by atoms with Gasteiger partial charge in [-0.3, -0.25) is 4.79 Å². The molecule has 27 heavy (non-hydrogen) atoms. The van der Waals surface area contributed by atoms with Crippen LogP contribution >= 0.6 is 0 Å². The van der Waals surface area contributed by atoms with Crippen molar-refractivity contribution in [3.63, 3.8) is 0 Å². The van der Waals surface area contributed by atoms with E-state index < -0.39 is 5.97 Å². The third kappa shape index (κ3) is 5.02. The minimum atomic E-state index is -0.997. The summed E-state index contributed by atoms with van der Waals surface area (Å²) in [6.45, 7) is 1.44. The topological polar surface area (TPSA) is 116 Å². The van der Waals surface area contributed by atoms with Gasteiger partial charge in [-0.15, -0.1) is 0 Å². The smallest absolute Gasteiger partial charge is 0.335 e. The van der Waals surface area contributed by atoms with Gasteiger partial charge in [-0.1, -0.05) is 12.1 Å². The summed E-state index contributed by atoms with van der Waals surface area (Å²) in [5, 5.41) is 17.9. The molecule has 8 nitrogen and oxygen atoms in total. The molecule has 0 atom stereocenters. The summed E-state index contributed by atoms with van der Waals surface area (Å²) in [6.07, 6.45) is 1.58. The average molecular weight is 363 g/mol. The number of nitrogens with one attached hydrogen (secondary N) is 3. The lowest BCUT2D eigenvalue weighted by Gasteiger charge is -2.10. The van der Waals surface area contributed by atoms with E-state index in [-0.39, 0.29) is 11.5 Å². The van der Waals surface area contributed by atoms with Gasteiger partial charge in [0.2, 0.25) is 11.9 Å². The van der Waals surface area contributed by atoms with E-state index in [4.69, 9.17) is 5.11 Å². The predicted octanol–water partition coefficient (Wildman–Crippen LogP) is 3.62. The molecule has 1 aromatic heterocycles. The third-order valence-corrected chi connectivity index (χ3v) is 3.48. The first-order chi connectivity index (χ1) is 13.0. The lowest BCUT2D eigenvalue weighted by molar-refractivity contribution is -0.114. The SMILES string of the molecule is CC(=O)Nc1cccc(Nc2nccc(Nc3cccc(C(=O)O)c3)n2)c1. The number of amides is 1. The Bertz CT molecular complexity index is 990. The van der Waals surface area contributed by atoms with Crippen LogP contribution in [0.3, 0.4) is 0 Å². The molecule has 136 valence electrons. The van der Waals surface area contributed by atoms with Crippen molar-refractivity contribution < 1.29 is 14.7 Å². The molecule has 1 amide bonds. The fourth-order valence-corrected chi connectivity index (χ4v) is 2.37. The van der Waals surface area contributed by atoms with Gasteiger partial charge in [0.1, 0.15) is 5.82 Å². The first kappa shape index (κ1) is 17.9. The maximum atomic E-state index is 11.2. The van der Waals surface area contributed by atoms with Gasteiger partial charge in [0.25, 0.3) is 0 Å². The van der Waals surface area contributed by atoms with Gasteiger partial charge < -0.3 is 21.1 Å². The lowest BCUT2D eigenvalue weighted by atomic mass is 10.2. The number of rotatable bonds is 6. The molecule has 0 saturated heterocycles. The highest BCUT2D eigenvalue weighted by Crippen LogP contribution is 2.20. The van der Waals surface area contributed by atoms with Gasteiger partial charge in [0, 0.05) is 30.2 Å². The van der Waals surface area contributed by atoms with Crippen LogP contribution in [0.1, 0.15) is 17.3 Å². The van der Waals surface area contributed by atoms with Crippen molar-refractivity contribution in [1.29, 1.82) is 0 Å². The van der Waals surface area contributed by atoms with Crippen molar-refractivity contribution in [2.24, 2.45) is 0 Å². The first-order valence-corrected chi connectivity index (χ1v) is 8.08. The number of carboxylic acid groups (broad SMARTS) is 1. The minimum absolute atomic E-state index is 0.154. The fourth-order valence-electron chi connectivity index (χ4n) is 2.37. The Kier molecular flexibility index (Phi) is 5.27. The number of nitrogens with zero attached hydrogens (tertiary/aromatic N) is 2. The van der Waals surface area contributed by atoms with Gasteiger partial charge in [0.15, 0.2) is 0 Å². The molecule has 8 heteroatoms. The van der Waals surface area contributed by atoms with Crippen LogP contribution < -0.4 is 16.0 Å². The summed E-state index contributed by atoms with van der Waals surface area (Å²) >= 11 is 0. The van der Waals surface area contributed by atoms with E-state index in [1.54, 1.807) is 42.6 Å². The third-order valence-electron chi connectivity index (χ3n) is 3.48. The van der Waals surface area contributed by atoms with E-state index in [9.17, 15) is 9.59 Å². The standard InChI is InChI=1S/C19H17N5O3/c1-12(25)21-15-6-3-7-16(11-15)23-19-20-9-8-17(24-19)22-14-5-2-4-13(10-14)18(26)27/h2-11H,1H3,(H,21,25)(H,26,27)(H2,20,22,23,24). The Labute approximate surface area is 155 Å². The summed E-state index contributed by atoms with van der Waals surface area (Å²) in [7, 11) is 0. The number of benzene rings is 2. The molecule has 3 rings (SSSR count). The summed E-state index contributed by atoms with van der Waals surface area (Å²) in [5.41, 5.74) is 2.16. The first-order valence-electron chi connectivity index (χ1n) is 8.08. The van der Waals surface area contributed by atoms with Crippen molar-refractivity contribution in [1.82, 2.24) is 9.97 Å². The molecule has 1 heterocycles. The van der Waals surface area contributed by atoms with Crippen LogP contribution in [0.2, 0.25) is 0 Å². The number of hydrogen-bond acceptors (Lipinski definition) is 6. The van der Waals surface area contributed by atoms with E-state index in [1.165, 1.54) is 19.1 Å². The summed E-state index contributed by atoms with van der Waals surface area (Å²) in [4.78, 5) is 30.8. The highest BCUT2D eigenvalue weighted by atomic mass is 16.4. The van der Waals surface area contributed by atoms with Gasteiger partial charge in [-0.2, -0.15) is 4.98 Å². The Morgan fingerprint density at radius 2 is 1.63 bits per heavy atom. The second kappa shape index (κ2) is 7.96. The molecule has 0 unspecified atom stereocenters.